The van der Waals surface area contributed by atoms with Crippen LogP contribution in [0, 0.1) is 0 Å². The topological polar surface area (TPSA) is 86.0 Å². The molecule has 10 heteroatoms. The molecule has 2 saturated heterocycles. The summed E-state index contributed by atoms with van der Waals surface area (Å²) in [6.45, 7) is 4.66. The summed E-state index contributed by atoms with van der Waals surface area (Å²) in [5.74, 6) is 2.43. The van der Waals surface area contributed by atoms with E-state index in [-0.39, 0.29) is 36.4 Å². The van der Waals surface area contributed by atoms with E-state index >= 15 is 0 Å². The van der Waals surface area contributed by atoms with Gasteiger partial charge in [0.1, 0.15) is 6.54 Å². The fourth-order valence-electron chi connectivity index (χ4n) is 3.04. The number of hydrogen-bond donors (Lipinski definition) is 2. The van der Waals surface area contributed by atoms with Crippen molar-refractivity contribution in [2.24, 2.45) is 12.0 Å². The molecule has 0 saturated carbocycles. The van der Waals surface area contributed by atoms with Crippen molar-refractivity contribution >= 4 is 53.3 Å². The van der Waals surface area contributed by atoms with Crippen molar-refractivity contribution in [2.45, 2.75) is 18.9 Å². The Balaban J connectivity index is 0.00000243. The molecule has 146 valence electrons. The number of anilines is 1. The molecule has 1 unspecified atom stereocenters. The lowest BCUT2D eigenvalue weighted by atomic mass is 10.0. The molecular formula is C16H27IN6O2S. The number of carbonyl (C=O) groups excluding carboxylic acids is 1. The van der Waals surface area contributed by atoms with Gasteiger partial charge in [-0.05, 0) is 19.1 Å². The standard InChI is InChI=1S/C16H26N6O2S.HI/c1-3-17-15(18-11-16(24)4-7-25-12-16)21-5-6-22(14(23)10-21)13-8-19-20(2)9-13;/h8-9,24H,3-7,10-12H2,1-2H3,(H,17,18);1H. The van der Waals surface area contributed by atoms with Crippen LogP contribution < -0.4 is 10.2 Å². The number of aliphatic imine (C=N–C) groups is 1. The molecule has 2 aliphatic heterocycles. The van der Waals surface area contributed by atoms with Crippen LogP contribution in [0.2, 0.25) is 0 Å². The molecule has 2 fully saturated rings. The van der Waals surface area contributed by atoms with Gasteiger partial charge in [-0.2, -0.15) is 16.9 Å². The molecule has 1 aromatic rings. The minimum atomic E-state index is -0.715. The van der Waals surface area contributed by atoms with Gasteiger partial charge in [0.05, 0.1) is 24.0 Å². The summed E-state index contributed by atoms with van der Waals surface area (Å²) in [6.07, 6.45) is 4.33. The maximum absolute atomic E-state index is 12.6. The minimum Gasteiger partial charge on any atom is -0.387 e. The number of carbonyl (C=O) groups is 1. The van der Waals surface area contributed by atoms with Crippen molar-refractivity contribution in [3.8, 4) is 0 Å². The van der Waals surface area contributed by atoms with Gasteiger partial charge in [0.2, 0.25) is 5.91 Å². The zero-order valence-electron chi connectivity index (χ0n) is 15.2. The number of nitrogens with one attached hydrogen (secondary N) is 1. The van der Waals surface area contributed by atoms with E-state index in [9.17, 15) is 9.90 Å². The first-order valence-electron chi connectivity index (χ1n) is 8.63. The Morgan fingerprint density at radius 3 is 2.88 bits per heavy atom. The van der Waals surface area contributed by atoms with E-state index in [1.54, 1.807) is 27.5 Å². The number of aliphatic hydroxyl groups is 1. The summed E-state index contributed by atoms with van der Waals surface area (Å²) < 4.78 is 1.70. The lowest BCUT2D eigenvalue weighted by Gasteiger charge is -2.35. The molecule has 1 aromatic heterocycles. The second kappa shape index (κ2) is 9.27. The average molecular weight is 494 g/mol. The van der Waals surface area contributed by atoms with Crippen LogP contribution in [-0.2, 0) is 11.8 Å². The van der Waals surface area contributed by atoms with Crippen molar-refractivity contribution in [1.82, 2.24) is 20.0 Å². The van der Waals surface area contributed by atoms with Gasteiger partial charge in [0, 0.05) is 38.6 Å². The number of nitrogens with zero attached hydrogens (tertiary/aromatic N) is 5. The van der Waals surface area contributed by atoms with Crippen molar-refractivity contribution in [2.75, 3.05) is 49.1 Å². The summed E-state index contributed by atoms with van der Waals surface area (Å²) in [7, 11) is 1.84. The van der Waals surface area contributed by atoms with Gasteiger partial charge in [-0.15, -0.1) is 24.0 Å². The van der Waals surface area contributed by atoms with E-state index in [2.05, 4.69) is 15.4 Å². The third-order valence-corrected chi connectivity index (χ3v) is 5.70. The Morgan fingerprint density at radius 2 is 2.31 bits per heavy atom. The Bertz CT molecular complexity index is 646. The van der Waals surface area contributed by atoms with Gasteiger partial charge in [-0.25, -0.2) is 0 Å². The van der Waals surface area contributed by atoms with Crippen molar-refractivity contribution < 1.29 is 9.90 Å². The lowest BCUT2D eigenvalue weighted by Crippen LogP contribution is -2.55. The third-order valence-electron chi connectivity index (χ3n) is 4.46. The minimum absolute atomic E-state index is 0. The van der Waals surface area contributed by atoms with E-state index in [1.807, 2.05) is 25.1 Å². The molecule has 0 aromatic carbocycles. The zero-order valence-corrected chi connectivity index (χ0v) is 18.4. The van der Waals surface area contributed by atoms with Gasteiger partial charge in [0.25, 0.3) is 0 Å². The summed E-state index contributed by atoms with van der Waals surface area (Å²) >= 11 is 1.76. The summed E-state index contributed by atoms with van der Waals surface area (Å²) in [5, 5.41) is 17.9. The highest BCUT2D eigenvalue weighted by atomic mass is 127. The van der Waals surface area contributed by atoms with E-state index in [0.29, 0.717) is 25.6 Å². The predicted molar refractivity (Wildman–Crippen MR) is 115 cm³/mol. The number of aromatic nitrogens is 2. The summed E-state index contributed by atoms with van der Waals surface area (Å²) in [6, 6.07) is 0. The van der Waals surface area contributed by atoms with E-state index in [4.69, 9.17) is 0 Å². The third kappa shape index (κ3) is 5.03. The first-order chi connectivity index (χ1) is 12.0. The summed E-state index contributed by atoms with van der Waals surface area (Å²) in [4.78, 5) is 20.9. The van der Waals surface area contributed by atoms with Crippen LogP contribution in [0.1, 0.15) is 13.3 Å². The maximum atomic E-state index is 12.6. The molecule has 2 aliphatic rings. The molecule has 2 N–H and O–H groups in total. The highest BCUT2D eigenvalue weighted by molar-refractivity contribution is 14.0. The number of halogens is 1. The second-order valence-corrected chi connectivity index (χ2v) is 7.64. The number of rotatable bonds is 4. The zero-order chi connectivity index (χ0) is 17.9. The van der Waals surface area contributed by atoms with Gasteiger partial charge >= 0.3 is 0 Å². The molecule has 3 heterocycles. The number of piperazine rings is 1. The molecule has 1 atom stereocenters. The molecule has 0 aliphatic carbocycles. The molecule has 1 amide bonds. The van der Waals surface area contributed by atoms with E-state index < -0.39 is 5.60 Å². The van der Waals surface area contributed by atoms with Crippen LogP contribution in [0.25, 0.3) is 0 Å². The maximum Gasteiger partial charge on any atom is 0.246 e. The predicted octanol–water partition coefficient (Wildman–Crippen LogP) is 0.520. The van der Waals surface area contributed by atoms with E-state index in [0.717, 1.165) is 30.2 Å². The Morgan fingerprint density at radius 1 is 1.50 bits per heavy atom. The molecule has 0 radical (unpaired) electrons. The first kappa shape index (κ1) is 21.3. The largest absolute Gasteiger partial charge is 0.387 e. The average Bonchev–Trinajstić information content (AvgIpc) is 3.20. The van der Waals surface area contributed by atoms with Gasteiger partial charge < -0.3 is 20.2 Å². The summed E-state index contributed by atoms with van der Waals surface area (Å²) in [5.41, 5.74) is 0.110. The first-order valence-corrected chi connectivity index (χ1v) is 9.78. The number of aryl methyl sites for hydroxylation is 1. The Hall–Kier alpha value is -1.01. The van der Waals surface area contributed by atoms with Crippen LogP contribution in [0.4, 0.5) is 5.69 Å². The molecular weight excluding hydrogens is 467 g/mol. The van der Waals surface area contributed by atoms with Gasteiger partial charge in [-0.3, -0.25) is 14.5 Å². The van der Waals surface area contributed by atoms with Gasteiger partial charge in [0.15, 0.2) is 5.96 Å². The van der Waals surface area contributed by atoms with Crippen LogP contribution in [0.5, 0.6) is 0 Å². The van der Waals surface area contributed by atoms with Crippen LogP contribution in [-0.4, -0.2) is 81.5 Å². The lowest BCUT2D eigenvalue weighted by molar-refractivity contribution is -0.120. The molecule has 0 bridgehead atoms. The fourth-order valence-corrected chi connectivity index (χ4v) is 4.33. The molecule has 3 rings (SSSR count). The highest BCUT2D eigenvalue weighted by Gasteiger charge is 2.32. The number of hydrogen-bond acceptors (Lipinski definition) is 5. The Labute approximate surface area is 175 Å². The smallest absolute Gasteiger partial charge is 0.246 e. The van der Waals surface area contributed by atoms with Gasteiger partial charge in [-0.1, -0.05) is 0 Å². The monoisotopic (exact) mass is 494 g/mol. The Kier molecular flexibility index (Phi) is 7.59. The molecule has 8 nitrogen and oxygen atoms in total. The van der Waals surface area contributed by atoms with Crippen LogP contribution in [0.15, 0.2) is 17.4 Å². The van der Waals surface area contributed by atoms with Crippen molar-refractivity contribution in [1.29, 1.82) is 0 Å². The van der Waals surface area contributed by atoms with Crippen molar-refractivity contribution in [3.05, 3.63) is 12.4 Å². The normalized spacial score (nSPS) is 24.0. The SMILES string of the molecule is CCNC(=NCC1(O)CCSC1)N1CCN(c2cnn(C)c2)C(=O)C1.I. The van der Waals surface area contributed by atoms with Crippen LogP contribution >= 0.6 is 35.7 Å². The van der Waals surface area contributed by atoms with Crippen molar-refractivity contribution in [3.63, 3.8) is 0 Å². The number of guanidine groups is 1. The second-order valence-electron chi connectivity index (χ2n) is 6.54. The number of amides is 1. The van der Waals surface area contributed by atoms with E-state index in [1.165, 1.54) is 0 Å². The molecule has 0 spiro atoms. The quantitative estimate of drug-likeness (QED) is 0.361. The van der Waals surface area contributed by atoms with Crippen LogP contribution in [0.3, 0.4) is 0 Å². The highest BCUT2D eigenvalue weighted by Crippen LogP contribution is 2.28. The molecule has 26 heavy (non-hydrogen) atoms. The number of thioether (sulfide) groups is 1. The fraction of sp³-hybridized carbons (Fsp3) is 0.688.